The monoisotopic (exact) mass is 413 g/mol. The summed E-state index contributed by atoms with van der Waals surface area (Å²) in [5, 5.41) is 1.37. The van der Waals surface area contributed by atoms with Gasteiger partial charge in [-0.15, -0.1) is 0 Å². The van der Waals surface area contributed by atoms with Gasteiger partial charge in [0.15, 0.2) is 5.16 Å². The number of hydrogen-bond donors (Lipinski definition) is 0. The van der Waals surface area contributed by atoms with E-state index in [0.717, 1.165) is 44.3 Å². The first kappa shape index (κ1) is 20.5. The number of thioether (sulfide) groups is 1. The second kappa shape index (κ2) is 8.90. The molecule has 2 heterocycles. The van der Waals surface area contributed by atoms with Gasteiger partial charge in [0, 0.05) is 19.1 Å². The minimum absolute atomic E-state index is 0.0365. The Labute approximate surface area is 176 Å². The summed E-state index contributed by atoms with van der Waals surface area (Å²) < 4.78 is 1.91. The summed E-state index contributed by atoms with van der Waals surface area (Å²) in [4.78, 5) is 33.0. The van der Waals surface area contributed by atoms with E-state index < -0.39 is 0 Å². The number of para-hydroxylation sites is 1. The lowest BCUT2D eigenvalue weighted by atomic mass is 9.78. The molecule has 1 amide bonds. The number of piperidine rings is 1. The fourth-order valence-corrected chi connectivity index (χ4v) is 5.75. The molecule has 2 aromatic rings. The van der Waals surface area contributed by atoms with Crippen molar-refractivity contribution in [3.05, 3.63) is 34.6 Å². The van der Waals surface area contributed by atoms with Crippen LogP contribution in [0.4, 0.5) is 0 Å². The number of aromatic nitrogens is 2. The lowest BCUT2D eigenvalue weighted by molar-refractivity contribution is -0.129. The average molecular weight is 414 g/mol. The lowest BCUT2D eigenvalue weighted by Gasteiger charge is -2.36. The summed E-state index contributed by atoms with van der Waals surface area (Å²) in [6.07, 6.45) is 6.73. The van der Waals surface area contributed by atoms with Crippen LogP contribution in [-0.2, 0) is 4.79 Å². The summed E-state index contributed by atoms with van der Waals surface area (Å²) in [5.74, 6) is 1.51. The van der Waals surface area contributed by atoms with Crippen molar-refractivity contribution >= 4 is 28.6 Å². The van der Waals surface area contributed by atoms with Gasteiger partial charge < -0.3 is 4.90 Å². The standard InChI is InChI=1S/C23H31N3O2S/c1-16-9-8-12-20(17(16)2)26-22(28)18-10-4-5-11-19(18)24-23(26)29-15-21(27)25-13-6-3-7-14-25/h4-5,10-11,16-17,20H,3,6-9,12-15H2,1-2H3/t16-,17+,20-/m0/s1. The fraction of sp³-hybridized carbons (Fsp3) is 0.609. The predicted octanol–water partition coefficient (Wildman–Crippen LogP) is 4.50. The Morgan fingerprint density at radius 3 is 2.66 bits per heavy atom. The highest BCUT2D eigenvalue weighted by molar-refractivity contribution is 7.99. The third-order valence-electron chi connectivity index (χ3n) is 6.80. The molecule has 0 bridgehead atoms. The Hall–Kier alpha value is -1.82. The molecule has 1 aromatic carbocycles. The van der Waals surface area contributed by atoms with E-state index >= 15 is 0 Å². The molecular formula is C23H31N3O2S. The third kappa shape index (κ3) is 4.23. The van der Waals surface area contributed by atoms with Crippen molar-refractivity contribution in [2.75, 3.05) is 18.8 Å². The number of benzene rings is 1. The van der Waals surface area contributed by atoms with Crippen molar-refractivity contribution in [2.24, 2.45) is 11.8 Å². The summed E-state index contributed by atoms with van der Waals surface area (Å²) in [7, 11) is 0. The number of amides is 1. The second-order valence-corrected chi connectivity index (χ2v) is 9.59. The van der Waals surface area contributed by atoms with Gasteiger partial charge in [0.1, 0.15) is 0 Å². The van der Waals surface area contributed by atoms with Gasteiger partial charge >= 0.3 is 0 Å². The zero-order valence-electron chi connectivity index (χ0n) is 17.5. The minimum Gasteiger partial charge on any atom is -0.342 e. The van der Waals surface area contributed by atoms with E-state index in [9.17, 15) is 9.59 Å². The maximum absolute atomic E-state index is 13.5. The fourth-order valence-electron chi connectivity index (χ4n) is 4.80. The van der Waals surface area contributed by atoms with Crippen molar-refractivity contribution in [3.8, 4) is 0 Å². The molecule has 1 aliphatic heterocycles. The molecule has 0 radical (unpaired) electrons. The van der Waals surface area contributed by atoms with E-state index in [1.807, 2.05) is 33.7 Å². The summed E-state index contributed by atoms with van der Waals surface area (Å²) in [5.41, 5.74) is 0.757. The van der Waals surface area contributed by atoms with Gasteiger partial charge in [-0.1, -0.05) is 50.6 Å². The third-order valence-corrected chi connectivity index (χ3v) is 7.74. The number of nitrogens with zero attached hydrogens (tertiary/aromatic N) is 3. The maximum Gasteiger partial charge on any atom is 0.262 e. The molecular weight excluding hydrogens is 382 g/mol. The van der Waals surface area contributed by atoms with Gasteiger partial charge in [0.05, 0.1) is 16.7 Å². The summed E-state index contributed by atoms with van der Waals surface area (Å²) >= 11 is 1.44. The molecule has 4 rings (SSSR count). The predicted molar refractivity (Wildman–Crippen MR) is 118 cm³/mol. The zero-order chi connectivity index (χ0) is 20.4. The average Bonchev–Trinajstić information content (AvgIpc) is 2.75. The highest BCUT2D eigenvalue weighted by atomic mass is 32.2. The molecule has 3 atom stereocenters. The Morgan fingerprint density at radius 2 is 1.86 bits per heavy atom. The smallest absolute Gasteiger partial charge is 0.262 e. The quantitative estimate of drug-likeness (QED) is 0.547. The van der Waals surface area contributed by atoms with Crippen molar-refractivity contribution in [1.82, 2.24) is 14.5 Å². The molecule has 6 heteroatoms. The van der Waals surface area contributed by atoms with Gasteiger partial charge in [-0.3, -0.25) is 14.2 Å². The van der Waals surface area contributed by atoms with Gasteiger partial charge in [0.2, 0.25) is 5.91 Å². The number of hydrogen-bond acceptors (Lipinski definition) is 4. The largest absolute Gasteiger partial charge is 0.342 e. The van der Waals surface area contributed by atoms with E-state index in [-0.39, 0.29) is 17.5 Å². The SMILES string of the molecule is C[C@@H]1[C@@H](C)CCC[C@@H]1n1c(SCC(=O)N2CCCCC2)nc2ccccc2c1=O. The van der Waals surface area contributed by atoms with Crippen LogP contribution in [0.3, 0.4) is 0 Å². The van der Waals surface area contributed by atoms with Crippen molar-refractivity contribution in [3.63, 3.8) is 0 Å². The minimum atomic E-state index is 0.0365. The van der Waals surface area contributed by atoms with Crippen LogP contribution in [0.5, 0.6) is 0 Å². The molecule has 0 unspecified atom stereocenters. The van der Waals surface area contributed by atoms with Crippen molar-refractivity contribution in [2.45, 2.75) is 63.6 Å². The molecule has 1 aliphatic carbocycles. The van der Waals surface area contributed by atoms with Crippen LogP contribution in [-0.4, -0.2) is 39.2 Å². The number of carbonyl (C=O) groups is 1. The zero-order valence-corrected chi connectivity index (χ0v) is 18.3. The molecule has 5 nitrogen and oxygen atoms in total. The first-order chi connectivity index (χ1) is 14.1. The summed E-state index contributed by atoms with van der Waals surface area (Å²) in [6, 6.07) is 7.72. The van der Waals surface area contributed by atoms with E-state index in [0.29, 0.717) is 28.1 Å². The molecule has 2 aliphatic rings. The van der Waals surface area contributed by atoms with Crippen molar-refractivity contribution < 1.29 is 4.79 Å². The first-order valence-electron chi connectivity index (χ1n) is 11.0. The van der Waals surface area contributed by atoms with Crippen LogP contribution >= 0.6 is 11.8 Å². The van der Waals surface area contributed by atoms with Crippen molar-refractivity contribution in [1.29, 1.82) is 0 Å². The maximum atomic E-state index is 13.5. The van der Waals surface area contributed by atoms with Gasteiger partial charge in [-0.25, -0.2) is 4.98 Å². The molecule has 29 heavy (non-hydrogen) atoms. The van der Waals surface area contributed by atoms with Gasteiger partial charge in [-0.2, -0.15) is 0 Å². The number of carbonyl (C=O) groups excluding carboxylic acids is 1. The van der Waals surface area contributed by atoms with Crippen LogP contribution < -0.4 is 5.56 Å². The normalized spacial score (nSPS) is 25.3. The van der Waals surface area contributed by atoms with Crippen LogP contribution in [0.1, 0.15) is 58.4 Å². The molecule has 1 saturated heterocycles. The molecule has 0 N–H and O–H groups in total. The van der Waals surface area contributed by atoms with Gasteiger partial charge in [-0.05, 0) is 49.7 Å². The Bertz CT molecular complexity index is 935. The topological polar surface area (TPSA) is 55.2 Å². The highest BCUT2D eigenvalue weighted by Crippen LogP contribution is 2.38. The van der Waals surface area contributed by atoms with E-state index in [2.05, 4.69) is 13.8 Å². The molecule has 156 valence electrons. The van der Waals surface area contributed by atoms with Crippen LogP contribution in [0.2, 0.25) is 0 Å². The Morgan fingerprint density at radius 1 is 1.10 bits per heavy atom. The number of fused-ring (bicyclic) bond motifs is 1. The lowest BCUT2D eigenvalue weighted by Crippen LogP contribution is -2.37. The number of rotatable bonds is 4. The van der Waals surface area contributed by atoms with E-state index in [1.165, 1.54) is 24.6 Å². The Kier molecular flexibility index (Phi) is 6.28. The second-order valence-electron chi connectivity index (χ2n) is 8.65. The summed E-state index contributed by atoms with van der Waals surface area (Å²) in [6.45, 7) is 6.25. The van der Waals surface area contributed by atoms with Crippen LogP contribution in [0, 0.1) is 11.8 Å². The molecule has 1 saturated carbocycles. The molecule has 1 aromatic heterocycles. The molecule has 0 spiro atoms. The number of likely N-dealkylation sites (tertiary alicyclic amines) is 1. The van der Waals surface area contributed by atoms with Crippen LogP contribution in [0.25, 0.3) is 10.9 Å². The first-order valence-corrected chi connectivity index (χ1v) is 12.0. The highest BCUT2D eigenvalue weighted by Gasteiger charge is 2.31. The Balaban J connectivity index is 1.67. The van der Waals surface area contributed by atoms with E-state index in [1.54, 1.807) is 0 Å². The van der Waals surface area contributed by atoms with E-state index in [4.69, 9.17) is 4.98 Å². The molecule has 2 fully saturated rings. The van der Waals surface area contributed by atoms with Crippen LogP contribution in [0.15, 0.2) is 34.2 Å². The van der Waals surface area contributed by atoms with Gasteiger partial charge in [0.25, 0.3) is 5.56 Å².